The molecule has 0 radical (unpaired) electrons. The van der Waals surface area contributed by atoms with Gasteiger partial charge in [-0.25, -0.2) is 8.42 Å². The second kappa shape index (κ2) is 9.84. The van der Waals surface area contributed by atoms with E-state index in [-0.39, 0.29) is 28.4 Å². The maximum atomic E-state index is 13.1. The van der Waals surface area contributed by atoms with E-state index in [4.69, 9.17) is 4.52 Å². The molecule has 27 heavy (non-hydrogen) atoms. The van der Waals surface area contributed by atoms with Crippen molar-refractivity contribution in [3.05, 3.63) is 11.5 Å². The van der Waals surface area contributed by atoms with Gasteiger partial charge in [-0.05, 0) is 40.5 Å². The van der Waals surface area contributed by atoms with Crippen LogP contribution in [0, 0.1) is 13.8 Å². The zero-order valence-corrected chi connectivity index (χ0v) is 17.6. The van der Waals surface area contributed by atoms with E-state index in [0.29, 0.717) is 12.8 Å². The van der Waals surface area contributed by atoms with Crippen LogP contribution in [0.3, 0.4) is 0 Å². The van der Waals surface area contributed by atoms with Gasteiger partial charge in [0.2, 0.25) is 21.8 Å². The highest BCUT2D eigenvalue weighted by Gasteiger charge is 2.34. The molecule has 0 saturated carbocycles. The molecule has 154 valence electrons. The largest absolute Gasteiger partial charge is 0.360 e. The lowest BCUT2D eigenvalue weighted by Gasteiger charge is -2.23. The van der Waals surface area contributed by atoms with Crippen LogP contribution in [0.1, 0.15) is 52.0 Å². The minimum atomic E-state index is -4.14. The number of aromatic nitrogens is 1. The molecule has 0 aliphatic heterocycles. The number of carbonyl (C=O) groups excluding carboxylic acids is 2. The summed E-state index contributed by atoms with van der Waals surface area (Å²) < 4.78 is 32.0. The molecular formula is C17H30N4O5S. The van der Waals surface area contributed by atoms with Crippen LogP contribution in [-0.2, 0) is 19.6 Å². The Bertz CT molecular complexity index is 714. The van der Waals surface area contributed by atoms with Crippen molar-refractivity contribution in [3.63, 3.8) is 0 Å². The molecule has 1 aromatic rings. The Morgan fingerprint density at radius 3 is 1.81 bits per heavy atom. The van der Waals surface area contributed by atoms with E-state index in [1.165, 1.54) is 13.8 Å². The van der Waals surface area contributed by atoms with Gasteiger partial charge in [0.15, 0.2) is 5.76 Å². The molecule has 0 aliphatic rings. The summed E-state index contributed by atoms with van der Waals surface area (Å²) in [6, 6.07) is -0.204. The van der Waals surface area contributed by atoms with Crippen molar-refractivity contribution < 1.29 is 22.5 Å². The van der Waals surface area contributed by atoms with Crippen LogP contribution in [0.5, 0.6) is 0 Å². The topological polar surface area (TPSA) is 122 Å². The summed E-state index contributed by atoms with van der Waals surface area (Å²) >= 11 is 0. The predicted molar refractivity (Wildman–Crippen MR) is 101 cm³/mol. The molecule has 0 fully saturated rings. The molecule has 2 atom stereocenters. The van der Waals surface area contributed by atoms with Gasteiger partial charge >= 0.3 is 0 Å². The number of hydrogen-bond acceptors (Lipinski definition) is 6. The highest BCUT2D eigenvalue weighted by Crippen LogP contribution is 2.23. The van der Waals surface area contributed by atoms with Crippen molar-refractivity contribution in [1.82, 2.24) is 20.1 Å². The summed E-state index contributed by atoms with van der Waals surface area (Å²) in [6.45, 7) is 9.49. The molecular weight excluding hydrogens is 372 g/mol. The lowest BCUT2D eigenvalue weighted by molar-refractivity contribution is -0.124. The molecule has 0 aliphatic carbocycles. The van der Waals surface area contributed by atoms with Crippen molar-refractivity contribution in [3.8, 4) is 0 Å². The first-order chi connectivity index (χ1) is 12.5. The van der Waals surface area contributed by atoms with Gasteiger partial charge in [0, 0.05) is 12.1 Å². The SMILES string of the molecule is CC[C@@H](C)NC(=O)CN(CC(=O)N[C@@H](C)CC)S(=O)(=O)c1c(C)noc1C. The quantitative estimate of drug-likeness (QED) is 0.605. The number of nitrogens with zero attached hydrogens (tertiary/aromatic N) is 2. The number of sulfonamides is 1. The fourth-order valence-corrected chi connectivity index (χ4v) is 4.01. The fourth-order valence-electron chi connectivity index (χ4n) is 2.36. The average Bonchev–Trinajstić information content (AvgIpc) is 2.92. The Hall–Kier alpha value is -1.94. The number of amides is 2. The third-order valence-electron chi connectivity index (χ3n) is 4.25. The van der Waals surface area contributed by atoms with Crippen LogP contribution in [0.25, 0.3) is 0 Å². The summed E-state index contributed by atoms with van der Waals surface area (Å²) in [7, 11) is -4.14. The van der Waals surface area contributed by atoms with Crippen LogP contribution in [0.4, 0.5) is 0 Å². The van der Waals surface area contributed by atoms with Crippen LogP contribution in [-0.4, -0.2) is 54.9 Å². The molecule has 0 aromatic carbocycles. The Morgan fingerprint density at radius 2 is 1.48 bits per heavy atom. The van der Waals surface area contributed by atoms with Crippen LogP contribution in [0.2, 0.25) is 0 Å². The van der Waals surface area contributed by atoms with E-state index in [2.05, 4.69) is 15.8 Å². The van der Waals surface area contributed by atoms with Crippen molar-refractivity contribution >= 4 is 21.8 Å². The predicted octanol–water partition coefficient (Wildman–Crippen LogP) is 1.11. The van der Waals surface area contributed by atoms with Gasteiger partial charge in [-0.15, -0.1) is 0 Å². The Morgan fingerprint density at radius 1 is 1.04 bits per heavy atom. The Labute approximate surface area is 160 Å². The van der Waals surface area contributed by atoms with E-state index >= 15 is 0 Å². The van der Waals surface area contributed by atoms with Gasteiger partial charge in [-0.2, -0.15) is 4.31 Å². The Balaban J connectivity index is 3.13. The van der Waals surface area contributed by atoms with Crippen molar-refractivity contribution in [2.24, 2.45) is 0 Å². The molecule has 0 bridgehead atoms. The monoisotopic (exact) mass is 402 g/mol. The summed E-state index contributed by atoms with van der Waals surface area (Å²) in [5, 5.41) is 9.10. The van der Waals surface area contributed by atoms with Gasteiger partial charge in [0.1, 0.15) is 10.6 Å². The summed E-state index contributed by atoms with van der Waals surface area (Å²) in [6.07, 6.45) is 1.41. The highest BCUT2D eigenvalue weighted by atomic mass is 32.2. The highest BCUT2D eigenvalue weighted by molar-refractivity contribution is 7.89. The van der Waals surface area contributed by atoms with E-state index in [0.717, 1.165) is 4.31 Å². The molecule has 0 saturated heterocycles. The minimum Gasteiger partial charge on any atom is -0.360 e. The van der Waals surface area contributed by atoms with Crippen molar-refractivity contribution in [2.75, 3.05) is 13.1 Å². The zero-order valence-electron chi connectivity index (χ0n) is 16.8. The third kappa shape index (κ3) is 6.31. The van der Waals surface area contributed by atoms with E-state index < -0.39 is 34.9 Å². The molecule has 10 heteroatoms. The summed E-state index contributed by atoms with van der Waals surface area (Å²) in [4.78, 5) is 24.4. The molecule has 0 unspecified atom stereocenters. The summed E-state index contributed by atoms with van der Waals surface area (Å²) in [5.41, 5.74) is 0.183. The van der Waals surface area contributed by atoms with E-state index in [1.807, 2.05) is 27.7 Å². The maximum Gasteiger partial charge on any atom is 0.249 e. The average molecular weight is 403 g/mol. The Kier molecular flexibility index (Phi) is 8.42. The number of nitrogens with one attached hydrogen (secondary N) is 2. The molecule has 2 amide bonds. The first-order valence-electron chi connectivity index (χ1n) is 9.04. The number of hydrogen-bond donors (Lipinski definition) is 2. The zero-order chi connectivity index (χ0) is 20.8. The molecule has 9 nitrogen and oxygen atoms in total. The number of rotatable bonds is 10. The first kappa shape index (κ1) is 23.1. The first-order valence-corrected chi connectivity index (χ1v) is 10.5. The molecule has 0 spiro atoms. The van der Waals surface area contributed by atoms with Crippen LogP contribution in [0.15, 0.2) is 9.42 Å². The standard InChI is InChI=1S/C17H30N4O5S/c1-7-11(3)18-15(22)9-21(10-16(23)19-12(4)8-2)27(24,25)17-13(5)20-26-14(17)6/h11-12H,7-10H2,1-6H3,(H,18,22)(H,19,23)/t11-,12+. The number of carbonyl (C=O) groups is 2. The summed E-state index contributed by atoms with van der Waals surface area (Å²) in [5.74, 6) is -0.839. The van der Waals surface area contributed by atoms with Gasteiger partial charge < -0.3 is 15.2 Å². The fraction of sp³-hybridized carbons (Fsp3) is 0.706. The lowest BCUT2D eigenvalue weighted by atomic mass is 10.2. The number of aryl methyl sites for hydroxylation is 2. The van der Waals surface area contributed by atoms with Gasteiger partial charge in [-0.1, -0.05) is 19.0 Å². The minimum absolute atomic E-state index is 0.102. The second-order valence-electron chi connectivity index (χ2n) is 6.68. The van der Waals surface area contributed by atoms with Crippen LogP contribution >= 0.6 is 0 Å². The van der Waals surface area contributed by atoms with E-state index in [1.54, 1.807) is 0 Å². The second-order valence-corrected chi connectivity index (χ2v) is 8.55. The molecule has 1 rings (SSSR count). The van der Waals surface area contributed by atoms with Gasteiger partial charge in [0.05, 0.1) is 13.1 Å². The molecule has 1 aromatic heterocycles. The van der Waals surface area contributed by atoms with E-state index in [9.17, 15) is 18.0 Å². The molecule has 1 heterocycles. The third-order valence-corrected chi connectivity index (χ3v) is 6.28. The molecule has 2 N–H and O–H groups in total. The van der Waals surface area contributed by atoms with Crippen molar-refractivity contribution in [2.45, 2.75) is 71.4 Å². The lowest BCUT2D eigenvalue weighted by Crippen LogP contribution is -2.48. The normalized spacial score (nSPS) is 14.0. The smallest absolute Gasteiger partial charge is 0.249 e. The van der Waals surface area contributed by atoms with Gasteiger partial charge in [-0.3, -0.25) is 9.59 Å². The van der Waals surface area contributed by atoms with Gasteiger partial charge in [0.25, 0.3) is 0 Å². The van der Waals surface area contributed by atoms with Crippen LogP contribution < -0.4 is 10.6 Å². The van der Waals surface area contributed by atoms with Crippen molar-refractivity contribution in [1.29, 1.82) is 0 Å². The maximum absolute atomic E-state index is 13.1.